The van der Waals surface area contributed by atoms with Gasteiger partial charge in [0.15, 0.2) is 0 Å². The van der Waals surface area contributed by atoms with Crippen LogP contribution >= 0.6 is 0 Å². The summed E-state index contributed by atoms with van der Waals surface area (Å²) in [7, 11) is 0. The first kappa shape index (κ1) is 12.2. The van der Waals surface area contributed by atoms with Gasteiger partial charge in [-0.05, 0) is 23.0 Å². The van der Waals surface area contributed by atoms with Crippen LogP contribution < -0.4 is 6.15 Å². The van der Waals surface area contributed by atoms with E-state index in [9.17, 15) is 0 Å². The molecule has 3 N–H and O–H groups in total. The first-order valence-electron chi connectivity index (χ1n) is 4.71. The molecule has 0 saturated carbocycles. The number of benzene rings is 1. The highest BCUT2D eigenvalue weighted by Gasteiger charge is 2.00. The Bertz CT molecular complexity index is 207. The number of hydrogen-bond acceptors (Lipinski definition) is 1. The first-order chi connectivity index (χ1) is 5.61. The molecule has 1 heteroatoms. The predicted octanol–water partition coefficient (Wildman–Crippen LogP) is 4.10. The molecule has 0 unspecified atom stereocenters. The van der Waals surface area contributed by atoms with Gasteiger partial charge in [-0.2, -0.15) is 0 Å². The van der Waals surface area contributed by atoms with Gasteiger partial charge in [0.2, 0.25) is 0 Å². The topological polar surface area (TPSA) is 35.0 Å². The van der Waals surface area contributed by atoms with Gasteiger partial charge in [-0.15, -0.1) is 0 Å². The predicted molar refractivity (Wildman–Crippen MR) is 59.6 cm³/mol. The van der Waals surface area contributed by atoms with Gasteiger partial charge in [0, 0.05) is 0 Å². The average molecular weight is 179 g/mol. The average Bonchev–Trinajstić information content (AvgIpc) is 2.04. The summed E-state index contributed by atoms with van der Waals surface area (Å²) >= 11 is 0. The van der Waals surface area contributed by atoms with E-state index in [-0.39, 0.29) is 6.15 Å². The Morgan fingerprint density at radius 2 is 0.923 bits per heavy atom. The summed E-state index contributed by atoms with van der Waals surface area (Å²) in [5.41, 5.74) is 2.86. The summed E-state index contributed by atoms with van der Waals surface area (Å²) in [4.78, 5) is 0. The molecule has 0 radical (unpaired) electrons. The summed E-state index contributed by atoms with van der Waals surface area (Å²) in [6.45, 7) is 8.91. The van der Waals surface area contributed by atoms with Gasteiger partial charge in [0.05, 0.1) is 0 Å². The van der Waals surface area contributed by atoms with Crippen LogP contribution in [0.5, 0.6) is 0 Å². The Kier molecular flexibility index (Phi) is 4.71. The lowest BCUT2D eigenvalue weighted by atomic mass is 9.97. The van der Waals surface area contributed by atoms with Crippen LogP contribution in [0.4, 0.5) is 0 Å². The fourth-order valence-corrected chi connectivity index (χ4v) is 1.27. The molecule has 0 amide bonds. The van der Waals surface area contributed by atoms with Crippen molar-refractivity contribution < 1.29 is 0 Å². The molecule has 0 heterocycles. The van der Waals surface area contributed by atoms with E-state index in [1.165, 1.54) is 11.1 Å². The summed E-state index contributed by atoms with van der Waals surface area (Å²) in [5, 5.41) is 0. The quantitative estimate of drug-likeness (QED) is 0.729. The monoisotopic (exact) mass is 179 g/mol. The van der Waals surface area contributed by atoms with Crippen molar-refractivity contribution in [2.45, 2.75) is 39.5 Å². The summed E-state index contributed by atoms with van der Waals surface area (Å²) in [6, 6.07) is 8.94. The van der Waals surface area contributed by atoms with Crippen molar-refractivity contribution in [3.8, 4) is 0 Å². The maximum atomic E-state index is 2.24. The molecule has 13 heavy (non-hydrogen) atoms. The molecule has 1 aromatic carbocycles. The zero-order valence-electron chi connectivity index (χ0n) is 9.17. The molecule has 0 spiro atoms. The third kappa shape index (κ3) is 3.19. The first-order valence-corrected chi connectivity index (χ1v) is 4.71. The van der Waals surface area contributed by atoms with Crippen molar-refractivity contribution in [3.63, 3.8) is 0 Å². The number of hydrogen-bond donors (Lipinski definition) is 1. The van der Waals surface area contributed by atoms with Crippen molar-refractivity contribution in [1.29, 1.82) is 0 Å². The second kappa shape index (κ2) is 5.03. The molecule has 0 atom stereocenters. The maximum Gasteiger partial charge on any atom is -0.0219 e. The van der Waals surface area contributed by atoms with Gasteiger partial charge in [-0.25, -0.2) is 0 Å². The van der Waals surface area contributed by atoms with Crippen LogP contribution in [0.15, 0.2) is 24.3 Å². The van der Waals surface area contributed by atoms with Crippen LogP contribution in [0.25, 0.3) is 0 Å². The van der Waals surface area contributed by atoms with E-state index in [2.05, 4.69) is 52.0 Å². The van der Waals surface area contributed by atoms with Crippen LogP contribution in [0, 0.1) is 0 Å². The molecule has 0 bridgehead atoms. The molecule has 1 aromatic rings. The highest BCUT2D eigenvalue weighted by atomic mass is 14.1. The minimum Gasteiger partial charge on any atom is -0.344 e. The van der Waals surface area contributed by atoms with E-state index >= 15 is 0 Å². The molecule has 0 aliphatic rings. The molecule has 74 valence electrons. The van der Waals surface area contributed by atoms with Crippen molar-refractivity contribution in [3.05, 3.63) is 35.4 Å². The third-order valence-corrected chi connectivity index (χ3v) is 2.27. The van der Waals surface area contributed by atoms with Gasteiger partial charge in [0.1, 0.15) is 0 Å². The highest BCUT2D eigenvalue weighted by molar-refractivity contribution is 5.26. The molecule has 1 nitrogen and oxygen atoms in total. The van der Waals surface area contributed by atoms with E-state index in [4.69, 9.17) is 0 Å². The fraction of sp³-hybridized carbons (Fsp3) is 0.500. The van der Waals surface area contributed by atoms with Crippen LogP contribution in [-0.4, -0.2) is 0 Å². The van der Waals surface area contributed by atoms with E-state index in [0.717, 1.165) is 0 Å². The van der Waals surface area contributed by atoms with E-state index in [1.54, 1.807) is 0 Å². The number of rotatable bonds is 2. The smallest absolute Gasteiger partial charge is 0.0219 e. The van der Waals surface area contributed by atoms with Crippen LogP contribution in [0.1, 0.15) is 50.7 Å². The second-order valence-electron chi connectivity index (χ2n) is 3.98. The van der Waals surface area contributed by atoms with Gasteiger partial charge < -0.3 is 6.15 Å². The third-order valence-electron chi connectivity index (χ3n) is 2.27. The van der Waals surface area contributed by atoms with Crippen LogP contribution in [-0.2, 0) is 0 Å². The normalized spacial score (nSPS) is 10.3. The Morgan fingerprint density at radius 1 is 0.692 bits per heavy atom. The van der Waals surface area contributed by atoms with Gasteiger partial charge in [-0.3, -0.25) is 0 Å². The Morgan fingerprint density at radius 3 is 1.08 bits per heavy atom. The fourth-order valence-electron chi connectivity index (χ4n) is 1.27. The van der Waals surface area contributed by atoms with Gasteiger partial charge >= 0.3 is 0 Å². The molecule has 0 fully saturated rings. The summed E-state index contributed by atoms with van der Waals surface area (Å²) in [6.07, 6.45) is 0. The van der Waals surface area contributed by atoms with Crippen molar-refractivity contribution in [2.75, 3.05) is 0 Å². The van der Waals surface area contributed by atoms with E-state index in [0.29, 0.717) is 11.8 Å². The van der Waals surface area contributed by atoms with Crippen molar-refractivity contribution >= 4 is 0 Å². The van der Waals surface area contributed by atoms with Crippen LogP contribution in [0.2, 0.25) is 0 Å². The maximum absolute atomic E-state index is 2.24. The SMILES string of the molecule is CC(C)c1ccc(C(C)C)cc1.N. The zero-order chi connectivity index (χ0) is 9.14. The lowest BCUT2D eigenvalue weighted by molar-refractivity contribution is 0.845. The molecule has 0 saturated heterocycles. The zero-order valence-corrected chi connectivity index (χ0v) is 9.17. The van der Waals surface area contributed by atoms with Crippen molar-refractivity contribution in [2.24, 2.45) is 0 Å². The van der Waals surface area contributed by atoms with Gasteiger partial charge in [0.25, 0.3) is 0 Å². The van der Waals surface area contributed by atoms with E-state index in [1.807, 2.05) is 0 Å². The minimum absolute atomic E-state index is 0. The Balaban J connectivity index is 0.00000144. The lowest BCUT2D eigenvalue weighted by Gasteiger charge is -2.08. The van der Waals surface area contributed by atoms with Gasteiger partial charge in [-0.1, -0.05) is 52.0 Å². The standard InChI is InChI=1S/C12H18.H3N/c1-9(2)11-5-7-12(8-6-11)10(3)4;/h5-10H,1-4H3;1H3. The largest absolute Gasteiger partial charge is 0.344 e. The molecular formula is C12H21N. The van der Waals surface area contributed by atoms with E-state index < -0.39 is 0 Å². The highest BCUT2D eigenvalue weighted by Crippen LogP contribution is 2.18. The van der Waals surface area contributed by atoms with Crippen molar-refractivity contribution in [1.82, 2.24) is 6.15 Å². The Labute approximate surface area is 81.8 Å². The summed E-state index contributed by atoms with van der Waals surface area (Å²) in [5.74, 6) is 1.29. The Hall–Kier alpha value is -0.820. The molecule has 0 aromatic heterocycles. The molecule has 0 aliphatic heterocycles. The molecule has 1 rings (SSSR count). The van der Waals surface area contributed by atoms with Crippen LogP contribution in [0.3, 0.4) is 0 Å². The second-order valence-corrected chi connectivity index (χ2v) is 3.98. The minimum atomic E-state index is 0. The molecular weight excluding hydrogens is 158 g/mol. The molecule has 0 aliphatic carbocycles. The summed E-state index contributed by atoms with van der Waals surface area (Å²) < 4.78 is 0. The lowest BCUT2D eigenvalue weighted by Crippen LogP contribution is -1.90.